The molecule has 0 aromatic heterocycles. The SMILES string of the molecule is COc1cc(OC)cc(N2CCC(NC(=O)CCN)C2=O)c1. The van der Waals surface area contributed by atoms with Gasteiger partial charge in [0.05, 0.1) is 19.9 Å². The molecule has 1 heterocycles. The van der Waals surface area contributed by atoms with E-state index in [2.05, 4.69) is 5.32 Å². The summed E-state index contributed by atoms with van der Waals surface area (Å²) in [5.41, 5.74) is 6.03. The van der Waals surface area contributed by atoms with Crippen molar-refractivity contribution in [2.45, 2.75) is 18.9 Å². The van der Waals surface area contributed by atoms with E-state index in [1.54, 1.807) is 37.3 Å². The van der Waals surface area contributed by atoms with Gasteiger partial charge in [-0.2, -0.15) is 0 Å². The molecule has 1 aromatic rings. The minimum Gasteiger partial charge on any atom is -0.497 e. The Morgan fingerprint density at radius 2 is 1.95 bits per heavy atom. The minimum absolute atomic E-state index is 0.138. The summed E-state index contributed by atoms with van der Waals surface area (Å²) in [6.45, 7) is 0.798. The van der Waals surface area contributed by atoms with Crippen LogP contribution in [0, 0.1) is 0 Å². The highest BCUT2D eigenvalue weighted by Gasteiger charge is 2.33. The number of anilines is 1. The van der Waals surface area contributed by atoms with Crippen LogP contribution in [0.25, 0.3) is 0 Å². The molecule has 0 spiro atoms. The topological polar surface area (TPSA) is 93.9 Å². The van der Waals surface area contributed by atoms with Gasteiger partial charge in [-0.3, -0.25) is 9.59 Å². The Morgan fingerprint density at radius 3 is 2.50 bits per heavy atom. The Bertz CT molecular complexity index is 539. The second kappa shape index (κ2) is 7.13. The van der Waals surface area contributed by atoms with Crippen molar-refractivity contribution >= 4 is 17.5 Å². The third-order valence-electron chi connectivity index (χ3n) is 3.56. The van der Waals surface area contributed by atoms with E-state index in [9.17, 15) is 9.59 Å². The first-order valence-electron chi connectivity index (χ1n) is 7.13. The maximum Gasteiger partial charge on any atom is 0.249 e. The molecule has 1 fully saturated rings. The summed E-state index contributed by atoms with van der Waals surface area (Å²) in [4.78, 5) is 25.7. The fourth-order valence-corrected chi connectivity index (χ4v) is 2.42. The first-order chi connectivity index (χ1) is 10.6. The van der Waals surface area contributed by atoms with Crippen LogP contribution in [0.3, 0.4) is 0 Å². The zero-order chi connectivity index (χ0) is 16.1. The van der Waals surface area contributed by atoms with E-state index in [-0.39, 0.29) is 24.8 Å². The largest absolute Gasteiger partial charge is 0.497 e. The van der Waals surface area contributed by atoms with Crippen molar-refractivity contribution in [1.29, 1.82) is 0 Å². The standard InChI is InChI=1S/C15H21N3O4/c1-21-11-7-10(8-12(9-11)22-2)18-6-4-13(15(18)20)17-14(19)3-5-16/h7-9,13H,3-6,16H2,1-2H3,(H,17,19). The quantitative estimate of drug-likeness (QED) is 0.787. The van der Waals surface area contributed by atoms with Gasteiger partial charge in [-0.05, 0) is 6.42 Å². The molecule has 22 heavy (non-hydrogen) atoms. The molecule has 120 valence electrons. The van der Waals surface area contributed by atoms with Crippen molar-refractivity contribution in [3.63, 3.8) is 0 Å². The lowest BCUT2D eigenvalue weighted by Gasteiger charge is -2.19. The lowest BCUT2D eigenvalue weighted by Crippen LogP contribution is -2.42. The summed E-state index contributed by atoms with van der Waals surface area (Å²) >= 11 is 0. The molecular formula is C15H21N3O4. The molecule has 1 aliphatic rings. The molecule has 2 rings (SSSR count). The molecule has 2 amide bonds. The van der Waals surface area contributed by atoms with Gasteiger partial charge in [-0.15, -0.1) is 0 Å². The first kappa shape index (κ1) is 16.1. The van der Waals surface area contributed by atoms with Crippen molar-refractivity contribution in [3.8, 4) is 11.5 Å². The summed E-state index contributed by atoms with van der Waals surface area (Å²) in [6.07, 6.45) is 0.783. The zero-order valence-electron chi connectivity index (χ0n) is 12.8. The molecule has 0 saturated carbocycles. The summed E-state index contributed by atoms with van der Waals surface area (Å²) in [6, 6.07) is 4.77. The number of nitrogens with two attached hydrogens (primary N) is 1. The number of carbonyl (C=O) groups is 2. The monoisotopic (exact) mass is 307 g/mol. The Balaban J connectivity index is 2.14. The minimum atomic E-state index is -0.503. The third kappa shape index (κ3) is 3.48. The Morgan fingerprint density at radius 1 is 1.32 bits per heavy atom. The van der Waals surface area contributed by atoms with Gasteiger partial charge < -0.3 is 25.4 Å². The molecular weight excluding hydrogens is 286 g/mol. The number of nitrogens with zero attached hydrogens (tertiary/aromatic N) is 1. The highest BCUT2D eigenvalue weighted by molar-refractivity contribution is 6.01. The number of carbonyl (C=O) groups excluding carboxylic acids is 2. The number of methoxy groups -OCH3 is 2. The Kier molecular flexibility index (Phi) is 5.21. The summed E-state index contributed by atoms with van der Waals surface area (Å²) in [5.74, 6) is 0.877. The second-order valence-electron chi connectivity index (χ2n) is 5.01. The van der Waals surface area contributed by atoms with E-state index in [1.165, 1.54) is 0 Å². The maximum absolute atomic E-state index is 12.4. The van der Waals surface area contributed by atoms with Crippen LogP contribution in [0.1, 0.15) is 12.8 Å². The van der Waals surface area contributed by atoms with Gasteiger partial charge in [-0.25, -0.2) is 0 Å². The number of amides is 2. The van der Waals surface area contributed by atoms with Crippen LogP contribution in [-0.2, 0) is 9.59 Å². The van der Waals surface area contributed by atoms with Crippen LogP contribution in [0.5, 0.6) is 11.5 Å². The number of hydrogen-bond donors (Lipinski definition) is 2. The van der Waals surface area contributed by atoms with Crippen molar-refractivity contribution in [2.75, 3.05) is 32.2 Å². The highest BCUT2D eigenvalue weighted by Crippen LogP contribution is 2.30. The van der Waals surface area contributed by atoms with E-state index >= 15 is 0 Å². The number of rotatable bonds is 6. The van der Waals surface area contributed by atoms with Crippen molar-refractivity contribution in [2.24, 2.45) is 5.73 Å². The number of hydrogen-bond acceptors (Lipinski definition) is 5. The average molecular weight is 307 g/mol. The second-order valence-corrected chi connectivity index (χ2v) is 5.01. The van der Waals surface area contributed by atoms with Crippen LogP contribution in [-0.4, -0.2) is 45.2 Å². The van der Waals surface area contributed by atoms with Gasteiger partial charge in [0.1, 0.15) is 17.5 Å². The highest BCUT2D eigenvalue weighted by atomic mass is 16.5. The van der Waals surface area contributed by atoms with Gasteiger partial charge >= 0.3 is 0 Å². The number of benzene rings is 1. The van der Waals surface area contributed by atoms with Gasteiger partial charge in [0.2, 0.25) is 11.8 Å². The molecule has 0 radical (unpaired) electrons. The van der Waals surface area contributed by atoms with Gasteiger partial charge in [0.25, 0.3) is 0 Å². The van der Waals surface area contributed by atoms with Crippen molar-refractivity contribution in [3.05, 3.63) is 18.2 Å². The van der Waals surface area contributed by atoms with Crippen LogP contribution in [0.4, 0.5) is 5.69 Å². The molecule has 0 aliphatic carbocycles. The number of ether oxygens (including phenoxy) is 2. The summed E-state index contributed by atoms with van der Waals surface area (Å²) in [7, 11) is 3.11. The fourth-order valence-electron chi connectivity index (χ4n) is 2.42. The first-order valence-corrected chi connectivity index (χ1v) is 7.13. The van der Waals surface area contributed by atoms with Gasteiger partial charge in [0, 0.05) is 37.7 Å². The smallest absolute Gasteiger partial charge is 0.249 e. The maximum atomic E-state index is 12.4. The molecule has 3 N–H and O–H groups in total. The van der Waals surface area contributed by atoms with Gasteiger partial charge in [0.15, 0.2) is 0 Å². The molecule has 1 unspecified atom stereocenters. The molecule has 1 saturated heterocycles. The summed E-state index contributed by atoms with van der Waals surface area (Å²) in [5, 5.41) is 2.71. The molecule has 1 aromatic carbocycles. The predicted molar refractivity (Wildman–Crippen MR) is 82.1 cm³/mol. The molecule has 0 bridgehead atoms. The van der Waals surface area contributed by atoms with Crippen molar-refractivity contribution in [1.82, 2.24) is 5.32 Å². The van der Waals surface area contributed by atoms with Crippen LogP contribution in [0.15, 0.2) is 18.2 Å². The normalized spacial score (nSPS) is 17.5. The van der Waals surface area contributed by atoms with E-state index in [1.807, 2.05) is 0 Å². The Hall–Kier alpha value is -2.28. The Labute approximate surface area is 129 Å². The van der Waals surface area contributed by atoms with E-state index in [0.29, 0.717) is 30.2 Å². The van der Waals surface area contributed by atoms with Crippen LogP contribution < -0.4 is 25.4 Å². The molecule has 1 atom stereocenters. The van der Waals surface area contributed by atoms with Crippen LogP contribution in [0.2, 0.25) is 0 Å². The van der Waals surface area contributed by atoms with Crippen molar-refractivity contribution < 1.29 is 19.1 Å². The van der Waals surface area contributed by atoms with E-state index in [0.717, 1.165) is 0 Å². The average Bonchev–Trinajstić information content (AvgIpc) is 2.88. The number of nitrogens with one attached hydrogen (secondary N) is 1. The molecule has 1 aliphatic heterocycles. The molecule has 7 nitrogen and oxygen atoms in total. The van der Waals surface area contributed by atoms with E-state index < -0.39 is 6.04 Å². The fraction of sp³-hybridized carbons (Fsp3) is 0.467. The van der Waals surface area contributed by atoms with Crippen LogP contribution >= 0.6 is 0 Å². The predicted octanol–water partition coefficient (Wildman–Crippen LogP) is 0.274. The lowest BCUT2D eigenvalue weighted by molar-refractivity contribution is -0.126. The lowest BCUT2D eigenvalue weighted by atomic mass is 10.2. The zero-order valence-corrected chi connectivity index (χ0v) is 12.8. The molecule has 7 heteroatoms. The third-order valence-corrected chi connectivity index (χ3v) is 3.56. The summed E-state index contributed by atoms with van der Waals surface area (Å²) < 4.78 is 10.4. The van der Waals surface area contributed by atoms with Gasteiger partial charge in [-0.1, -0.05) is 0 Å². The van der Waals surface area contributed by atoms with E-state index in [4.69, 9.17) is 15.2 Å².